The van der Waals surface area contributed by atoms with Gasteiger partial charge in [-0.25, -0.2) is 0 Å². The summed E-state index contributed by atoms with van der Waals surface area (Å²) < 4.78 is 84.5. The van der Waals surface area contributed by atoms with E-state index in [-0.39, 0.29) is 24.2 Å². The van der Waals surface area contributed by atoms with Gasteiger partial charge < -0.3 is 4.74 Å². The topological polar surface area (TPSA) is 36.3 Å². The highest BCUT2D eigenvalue weighted by Crippen LogP contribution is 2.37. The fraction of sp³-hybridized carbons (Fsp3) is 0.409. The van der Waals surface area contributed by atoms with E-state index in [1.807, 2.05) is 35.2 Å². The fourth-order valence-corrected chi connectivity index (χ4v) is 3.85. The zero-order chi connectivity index (χ0) is 22.6. The zero-order valence-electron chi connectivity index (χ0n) is 16.4. The van der Waals surface area contributed by atoms with Crippen LogP contribution in [0.1, 0.15) is 41.1 Å². The molecule has 9 heteroatoms. The molecule has 2 aromatic carbocycles. The Morgan fingerprint density at radius 2 is 1.58 bits per heavy atom. The molecule has 0 spiro atoms. The molecule has 0 aliphatic carbocycles. The summed E-state index contributed by atoms with van der Waals surface area (Å²) in [5.41, 5.74) is -2.06. The van der Waals surface area contributed by atoms with Crippen molar-refractivity contribution in [3.63, 3.8) is 0 Å². The van der Waals surface area contributed by atoms with Crippen molar-refractivity contribution in [2.45, 2.75) is 43.9 Å². The quantitative estimate of drug-likeness (QED) is 0.423. The number of hydrogen-bond acceptors (Lipinski definition) is 3. The molecule has 166 valence electrons. The molecule has 0 bridgehead atoms. The largest absolute Gasteiger partial charge is 0.416 e. The van der Waals surface area contributed by atoms with Crippen LogP contribution >= 0.6 is 0 Å². The molecule has 1 heterocycles. The Morgan fingerprint density at radius 3 is 2.13 bits per heavy atom. The van der Waals surface area contributed by atoms with Gasteiger partial charge in [0.1, 0.15) is 0 Å². The van der Waals surface area contributed by atoms with Gasteiger partial charge in [-0.2, -0.15) is 31.6 Å². The molecule has 3 nitrogen and oxygen atoms in total. The first-order valence-corrected chi connectivity index (χ1v) is 9.65. The molecule has 31 heavy (non-hydrogen) atoms. The second-order valence-electron chi connectivity index (χ2n) is 7.39. The van der Waals surface area contributed by atoms with Crippen molar-refractivity contribution in [1.82, 2.24) is 4.90 Å². The van der Waals surface area contributed by atoms with Crippen molar-refractivity contribution >= 4 is 0 Å². The highest BCUT2D eigenvalue weighted by atomic mass is 19.4. The normalized spacial score (nSPS) is 20.4. The lowest BCUT2D eigenvalue weighted by atomic mass is 9.92. The van der Waals surface area contributed by atoms with Crippen molar-refractivity contribution in [2.75, 3.05) is 13.1 Å². The van der Waals surface area contributed by atoms with Crippen LogP contribution in [0.3, 0.4) is 0 Å². The van der Waals surface area contributed by atoms with Crippen LogP contribution in [-0.2, 0) is 23.7 Å². The van der Waals surface area contributed by atoms with Crippen LogP contribution in [0.5, 0.6) is 0 Å². The lowest BCUT2D eigenvalue weighted by Gasteiger charge is -2.40. The Bertz CT molecular complexity index is 888. The molecule has 1 aliphatic heterocycles. The standard InChI is InChI=1S/C22H20F6N2O/c23-21(24,25)17-11-15(12-18(13-17)22(26,27)28)14-31-19-7-4-9-30(10-8-29)20(19)16-5-2-1-3-6-16/h1-3,5-6,11-13,19-20H,4,7,9-10,14H2/t19-,20-/m0/s1. The summed E-state index contributed by atoms with van der Waals surface area (Å²) in [6, 6.07) is 12.5. The van der Waals surface area contributed by atoms with E-state index in [1.54, 1.807) is 0 Å². The predicted octanol–water partition coefficient (Wildman–Crippen LogP) is 5.97. The van der Waals surface area contributed by atoms with Gasteiger partial charge in [-0.15, -0.1) is 0 Å². The molecule has 1 saturated heterocycles. The summed E-state index contributed by atoms with van der Waals surface area (Å²) in [6.07, 6.45) is -9.01. The van der Waals surface area contributed by atoms with E-state index >= 15 is 0 Å². The third kappa shape index (κ3) is 5.77. The van der Waals surface area contributed by atoms with Crippen molar-refractivity contribution in [1.29, 1.82) is 5.26 Å². The van der Waals surface area contributed by atoms with Crippen molar-refractivity contribution < 1.29 is 31.1 Å². The molecule has 2 atom stereocenters. The van der Waals surface area contributed by atoms with E-state index < -0.39 is 36.2 Å². The van der Waals surface area contributed by atoms with E-state index in [0.717, 1.165) is 5.56 Å². The second kappa shape index (κ2) is 9.28. The van der Waals surface area contributed by atoms with Crippen molar-refractivity contribution in [3.05, 3.63) is 70.8 Å². The molecule has 0 unspecified atom stereocenters. The lowest BCUT2D eigenvalue weighted by Crippen LogP contribution is -2.43. The monoisotopic (exact) mass is 442 g/mol. The van der Waals surface area contributed by atoms with Gasteiger partial charge in [-0.05, 0) is 48.7 Å². The number of alkyl halides is 6. The molecule has 0 radical (unpaired) electrons. The van der Waals surface area contributed by atoms with Gasteiger partial charge in [0.25, 0.3) is 0 Å². The number of hydrogen-bond donors (Lipinski definition) is 0. The summed E-state index contributed by atoms with van der Waals surface area (Å²) in [4.78, 5) is 1.91. The van der Waals surface area contributed by atoms with Gasteiger partial charge in [0.05, 0.1) is 42.5 Å². The van der Waals surface area contributed by atoms with Crippen LogP contribution in [-0.4, -0.2) is 24.1 Å². The molecule has 0 N–H and O–H groups in total. The number of halogens is 6. The molecule has 1 aliphatic rings. The van der Waals surface area contributed by atoms with Crippen LogP contribution in [0.25, 0.3) is 0 Å². The van der Waals surface area contributed by atoms with Crippen molar-refractivity contribution in [3.8, 4) is 6.07 Å². The number of nitrogens with zero attached hydrogens (tertiary/aromatic N) is 2. The molecule has 0 amide bonds. The summed E-state index contributed by atoms with van der Waals surface area (Å²) in [7, 11) is 0. The van der Waals surface area contributed by atoms with Gasteiger partial charge >= 0.3 is 12.4 Å². The van der Waals surface area contributed by atoms with Crippen LogP contribution in [0.4, 0.5) is 26.3 Å². The van der Waals surface area contributed by atoms with E-state index in [0.29, 0.717) is 31.5 Å². The van der Waals surface area contributed by atoms with E-state index in [1.165, 1.54) is 0 Å². The SMILES string of the molecule is N#CCN1CCC[C@H](OCc2cc(C(F)(F)F)cc(C(F)(F)F)c2)[C@@H]1c1ccccc1. The number of ether oxygens (including phenoxy) is 1. The molecule has 1 fully saturated rings. The van der Waals surface area contributed by atoms with Crippen LogP contribution in [0.2, 0.25) is 0 Å². The average molecular weight is 442 g/mol. The maximum atomic E-state index is 13.1. The lowest BCUT2D eigenvalue weighted by molar-refractivity contribution is -0.143. The van der Waals surface area contributed by atoms with Crippen LogP contribution in [0, 0.1) is 11.3 Å². The Kier molecular flexibility index (Phi) is 6.92. The minimum absolute atomic E-state index is 0.103. The van der Waals surface area contributed by atoms with Gasteiger partial charge in [0, 0.05) is 0 Å². The van der Waals surface area contributed by atoms with E-state index in [4.69, 9.17) is 10.00 Å². The maximum absolute atomic E-state index is 13.1. The number of benzene rings is 2. The Balaban J connectivity index is 1.87. The third-order valence-electron chi connectivity index (χ3n) is 5.21. The summed E-state index contributed by atoms with van der Waals surface area (Å²) >= 11 is 0. The highest BCUT2D eigenvalue weighted by Gasteiger charge is 2.37. The van der Waals surface area contributed by atoms with E-state index in [2.05, 4.69) is 6.07 Å². The minimum atomic E-state index is -4.91. The van der Waals surface area contributed by atoms with Gasteiger partial charge in [0.2, 0.25) is 0 Å². The first-order valence-electron chi connectivity index (χ1n) is 9.65. The molecule has 2 aromatic rings. The summed E-state index contributed by atoms with van der Waals surface area (Å²) in [5.74, 6) is 0. The fourth-order valence-electron chi connectivity index (χ4n) is 3.85. The minimum Gasteiger partial charge on any atom is -0.372 e. The van der Waals surface area contributed by atoms with Crippen LogP contribution in [0.15, 0.2) is 48.5 Å². The Morgan fingerprint density at radius 1 is 0.968 bits per heavy atom. The van der Waals surface area contributed by atoms with Gasteiger partial charge in [-0.1, -0.05) is 30.3 Å². The molecule has 3 rings (SSSR count). The number of rotatable bonds is 5. The first kappa shape index (κ1) is 23.1. The second-order valence-corrected chi connectivity index (χ2v) is 7.39. The summed E-state index contributed by atoms with van der Waals surface area (Å²) in [5, 5.41) is 9.15. The Hall–Kier alpha value is -2.57. The van der Waals surface area contributed by atoms with Crippen LogP contribution < -0.4 is 0 Å². The third-order valence-corrected chi connectivity index (χ3v) is 5.21. The summed E-state index contributed by atoms with van der Waals surface area (Å²) in [6.45, 7) is 0.386. The maximum Gasteiger partial charge on any atom is 0.416 e. The average Bonchev–Trinajstić information content (AvgIpc) is 2.72. The van der Waals surface area contributed by atoms with Gasteiger partial charge in [0.15, 0.2) is 0 Å². The predicted molar refractivity (Wildman–Crippen MR) is 101 cm³/mol. The van der Waals surface area contributed by atoms with Gasteiger partial charge in [-0.3, -0.25) is 4.90 Å². The highest BCUT2D eigenvalue weighted by molar-refractivity contribution is 5.33. The molecular formula is C22H20F6N2O. The number of likely N-dealkylation sites (tertiary alicyclic amines) is 1. The number of piperidine rings is 1. The zero-order valence-corrected chi connectivity index (χ0v) is 16.4. The molecular weight excluding hydrogens is 422 g/mol. The molecule has 0 aromatic heterocycles. The Labute approximate surface area is 175 Å². The van der Waals surface area contributed by atoms with E-state index in [9.17, 15) is 26.3 Å². The van der Waals surface area contributed by atoms with Crippen molar-refractivity contribution in [2.24, 2.45) is 0 Å². The first-order chi connectivity index (χ1) is 14.6. The number of nitriles is 1. The smallest absolute Gasteiger partial charge is 0.372 e. The molecule has 0 saturated carbocycles.